The first-order chi connectivity index (χ1) is 6.43. The molecule has 80 valence electrons. The number of hydrogen-bond acceptors (Lipinski definition) is 4. The Labute approximate surface area is 99.7 Å². The van der Waals surface area contributed by atoms with Gasteiger partial charge in [-0.05, 0) is 6.92 Å². The molecule has 0 aliphatic heterocycles. The van der Waals surface area contributed by atoms with E-state index in [0.717, 1.165) is 11.5 Å². The molecule has 0 spiro atoms. The van der Waals surface area contributed by atoms with Gasteiger partial charge in [0.05, 0.1) is 6.04 Å². The van der Waals surface area contributed by atoms with Gasteiger partial charge in [-0.15, -0.1) is 0 Å². The third kappa shape index (κ3) is 3.38. The van der Waals surface area contributed by atoms with Crippen molar-refractivity contribution in [2.75, 3.05) is 12.0 Å². The molecule has 0 bridgehead atoms. The van der Waals surface area contributed by atoms with Crippen LogP contribution < -0.4 is 5.32 Å². The van der Waals surface area contributed by atoms with Crippen LogP contribution in [0.1, 0.15) is 12.7 Å². The van der Waals surface area contributed by atoms with Gasteiger partial charge in [0, 0.05) is 11.5 Å². The van der Waals surface area contributed by atoms with E-state index in [9.17, 15) is 4.39 Å². The summed E-state index contributed by atoms with van der Waals surface area (Å²) < 4.78 is 14.3. The Morgan fingerprint density at radius 1 is 1.57 bits per heavy atom. The van der Waals surface area contributed by atoms with E-state index in [4.69, 9.17) is 34.8 Å². The van der Waals surface area contributed by atoms with Crippen LogP contribution in [-0.2, 0) is 3.79 Å². The lowest BCUT2D eigenvalue weighted by Gasteiger charge is -2.07. The molecular weight excluding hydrogens is 272 g/mol. The van der Waals surface area contributed by atoms with E-state index in [1.54, 1.807) is 6.92 Å². The number of halogens is 4. The number of rotatable bonds is 3. The molecule has 0 unspecified atom stereocenters. The molecule has 1 atom stereocenters. The molecule has 0 aliphatic carbocycles. The molecular formula is C6H7Cl3FN3S. The fourth-order valence-electron chi connectivity index (χ4n) is 0.647. The quantitative estimate of drug-likeness (QED) is 0.863. The summed E-state index contributed by atoms with van der Waals surface area (Å²) in [4.78, 5) is 3.90. The molecule has 14 heavy (non-hydrogen) atoms. The number of aromatic nitrogens is 2. The predicted molar refractivity (Wildman–Crippen MR) is 58.2 cm³/mol. The van der Waals surface area contributed by atoms with E-state index >= 15 is 0 Å². The van der Waals surface area contributed by atoms with Crippen molar-refractivity contribution in [3.63, 3.8) is 0 Å². The number of hydrogen-bond donors (Lipinski definition) is 1. The van der Waals surface area contributed by atoms with Crippen molar-refractivity contribution < 1.29 is 4.39 Å². The third-order valence-electron chi connectivity index (χ3n) is 1.28. The van der Waals surface area contributed by atoms with E-state index in [1.807, 2.05) is 0 Å². The van der Waals surface area contributed by atoms with Crippen LogP contribution in [-0.4, -0.2) is 22.1 Å². The first-order valence-corrected chi connectivity index (χ1v) is 5.57. The van der Waals surface area contributed by atoms with Gasteiger partial charge >= 0.3 is 0 Å². The van der Waals surface area contributed by atoms with Crippen molar-refractivity contribution in [3.8, 4) is 0 Å². The molecule has 0 fully saturated rings. The molecule has 0 radical (unpaired) electrons. The number of nitrogens with one attached hydrogen (secondary N) is 1. The maximum Gasteiger partial charge on any atom is 0.251 e. The monoisotopic (exact) mass is 277 g/mol. The molecule has 0 saturated heterocycles. The normalized spacial score (nSPS) is 14.1. The smallest absolute Gasteiger partial charge is 0.251 e. The van der Waals surface area contributed by atoms with Gasteiger partial charge in [-0.3, -0.25) is 0 Å². The lowest BCUT2D eigenvalue weighted by atomic mass is 10.4. The van der Waals surface area contributed by atoms with Crippen molar-refractivity contribution in [2.45, 2.75) is 16.8 Å². The Balaban J connectivity index is 2.69. The minimum atomic E-state index is -1.63. The molecule has 0 saturated carbocycles. The maximum absolute atomic E-state index is 12.1. The largest absolute Gasteiger partial charge is 0.355 e. The average Bonchev–Trinajstić information content (AvgIpc) is 2.51. The van der Waals surface area contributed by atoms with E-state index < -0.39 is 10.5 Å². The summed E-state index contributed by atoms with van der Waals surface area (Å²) in [5.74, 6) is 0.0982. The van der Waals surface area contributed by atoms with Crippen LogP contribution in [0.25, 0.3) is 0 Å². The molecule has 8 heteroatoms. The van der Waals surface area contributed by atoms with Crippen molar-refractivity contribution >= 4 is 51.5 Å². The molecule has 0 aliphatic rings. The van der Waals surface area contributed by atoms with Crippen LogP contribution in [0.2, 0.25) is 0 Å². The first kappa shape index (κ1) is 12.2. The Morgan fingerprint density at radius 2 is 2.21 bits per heavy atom. The predicted octanol–water partition coefficient (Wildman–Crippen LogP) is 3.13. The van der Waals surface area contributed by atoms with Crippen LogP contribution in [0.5, 0.6) is 0 Å². The zero-order valence-corrected chi connectivity index (χ0v) is 10.2. The SMILES string of the molecule is C[C@@H](CF)Nc1nc(C(Cl)(Cl)Cl)ns1. The maximum atomic E-state index is 12.1. The zero-order valence-electron chi connectivity index (χ0n) is 7.10. The summed E-state index contributed by atoms with van der Waals surface area (Å²) in [5, 5.41) is 3.22. The highest BCUT2D eigenvalue weighted by atomic mass is 35.6. The Bertz CT molecular complexity index is 301. The highest BCUT2D eigenvalue weighted by Gasteiger charge is 2.28. The molecule has 0 aromatic carbocycles. The van der Waals surface area contributed by atoms with E-state index in [-0.39, 0.29) is 11.9 Å². The standard InChI is InChI=1S/C6H7Cl3FN3S/c1-3(2-10)11-5-12-4(13-14-5)6(7,8)9/h3H,2H2,1H3,(H,11,12,13)/t3-/m0/s1. The summed E-state index contributed by atoms with van der Waals surface area (Å²) in [6.07, 6.45) is 0. The second kappa shape index (κ2) is 4.79. The fourth-order valence-corrected chi connectivity index (χ4v) is 1.78. The van der Waals surface area contributed by atoms with Crippen LogP contribution in [0.4, 0.5) is 9.52 Å². The molecule has 1 N–H and O–H groups in total. The van der Waals surface area contributed by atoms with Crippen LogP contribution in [0.3, 0.4) is 0 Å². The van der Waals surface area contributed by atoms with E-state index in [1.165, 1.54) is 0 Å². The topological polar surface area (TPSA) is 37.8 Å². The summed E-state index contributed by atoms with van der Waals surface area (Å²) in [7, 11) is 0. The van der Waals surface area contributed by atoms with Crippen molar-refractivity contribution in [2.24, 2.45) is 0 Å². The highest BCUT2D eigenvalue weighted by molar-refractivity contribution is 7.09. The molecule has 1 rings (SSSR count). The first-order valence-electron chi connectivity index (χ1n) is 3.67. The Kier molecular flexibility index (Phi) is 4.18. The van der Waals surface area contributed by atoms with Crippen molar-refractivity contribution in [1.29, 1.82) is 0 Å². The van der Waals surface area contributed by atoms with Crippen molar-refractivity contribution in [1.82, 2.24) is 9.36 Å². The van der Waals surface area contributed by atoms with Crippen molar-refractivity contribution in [3.05, 3.63) is 5.82 Å². The van der Waals surface area contributed by atoms with Gasteiger partial charge in [-0.25, -0.2) is 4.39 Å². The summed E-state index contributed by atoms with van der Waals surface area (Å²) in [6, 6.07) is -0.328. The third-order valence-corrected chi connectivity index (χ3v) is 2.43. The lowest BCUT2D eigenvalue weighted by molar-refractivity contribution is 0.460. The molecule has 0 amide bonds. The van der Waals surface area contributed by atoms with Gasteiger partial charge in [0.15, 0.2) is 5.82 Å². The molecule has 1 heterocycles. The second-order valence-corrected chi connectivity index (χ2v) is 5.65. The van der Waals surface area contributed by atoms with Crippen LogP contribution in [0.15, 0.2) is 0 Å². The minimum absolute atomic E-state index is 0.0982. The summed E-state index contributed by atoms with van der Waals surface area (Å²) >= 11 is 17.7. The van der Waals surface area contributed by atoms with Crippen LogP contribution in [0, 0.1) is 0 Å². The van der Waals surface area contributed by atoms with E-state index in [2.05, 4.69) is 14.7 Å². The summed E-state index contributed by atoms with van der Waals surface area (Å²) in [6.45, 7) is 1.18. The van der Waals surface area contributed by atoms with Crippen LogP contribution >= 0.6 is 46.3 Å². The fraction of sp³-hybridized carbons (Fsp3) is 0.667. The zero-order chi connectivity index (χ0) is 10.8. The Morgan fingerprint density at radius 3 is 2.64 bits per heavy atom. The molecule has 3 nitrogen and oxygen atoms in total. The van der Waals surface area contributed by atoms with Gasteiger partial charge in [0.25, 0.3) is 3.79 Å². The molecule has 1 aromatic heterocycles. The van der Waals surface area contributed by atoms with Gasteiger partial charge in [0.1, 0.15) is 6.67 Å². The molecule has 1 aromatic rings. The van der Waals surface area contributed by atoms with Gasteiger partial charge in [0.2, 0.25) is 5.13 Å². The van der Waals surface area contributed by atoms with Gasteiger partial charge < -0.3 is 5.32 Å². The summed E-state index contributed by atoms with van der Waals surface area (Å²) in [5.41, 5.74) is 0. The van der Waals surface area contributed by atoms with E-state index in [0.29, 0.717) is 5.13 Å². The lowest BCUT2D eigenvalue weighted by Crippen LogP contribution is -2.17. The average molecular weight is 279 g/mol. The highest BCUT2D eigenvalue weighted by Crippen LogP contribution is 2.37. The second-order valence-electron chi connectivity index (χ2n) is 2.62. The number of alkyl halides is 4. The Hall–Kier alpha value is 0.160. The van der Waals surface area contributed by atoms with Gasteiger partial charge in [-0.1, -0.05) is 34.8 Å². The number of nitrogens with zero attached hydrogens (tertiary/aromatic N) is 2. The minimum Gasteiger partial charge on any atom is -0.355 e. The van der Waals surface area contributed by atoms with Gasteiger partial charge in [-0.2, -0.15) is 9.36 Å². The number of anilines is 1.